The molecule has 0 aliphatic heterocycles. The molecule has 0 spiro atoms. The average molecular weight is 423 g/mol. The topological polar surface area (TPSA) is 0 Å². The third kappa shape index (κ3) is 6.17. The molecule has 24 heavy (non-hydrogen) atoms. The van der Waals surface area contributed by atoms with E-state index in [-0.39, 0.29) is 10.9 Å². The summed E-state index contributed by atoms with van der Waals surface area (Å²) in [5.41, 5.74) is 5.69. The molecular formula is C17H20BBrF4S. The minimum Gasteiger partial charge on any atom is -0.418 e. The molecule has 2 aromatic rings. The number of aryl methyl sites for hydroxylation is 1. The lowest BCUT2D eigenvalue weighted by atomic mass is 10.00. The largest absolute Gasteiger partial charge is 0.673 e. The van der Waals surface area contributed by atoms with E-state index in [9.17, 15) is 17.3 Å². The van der Waals surface area contributed by atoms with Gasteiger partial charge in [0.2, 0.25) is 0 Å². The Hall–Kier alpha value is -0.945. The van der Waals surface area contributed by atoms with Crippen molar-refractivity contribution >= 4 is 34.1 Å². The van der Waals surface area contributed by atoms with Gasteiger partial charge >= 0.3 is 7.25 Å². The molecule has 2 aromatic carbocycles. The number of halogens is 5. The van der Waals surface area contributed by atoms with Gasteiger partial charge in [-0.1, -0.05) is 18.2 Å². The van der Waals surface area contributed by atoms with E-state index in [4.69, 9.17) is 0 Å². The molecule has 0 aromatic heterocycles. The first-order valence-electron chi connectivity index (χ1n) is 7.33. The monoisotopic (exact) mass is 422 g/mol. The van der Waals surface area contributed by atoms with Crippen molar-refractivity contribution in [2.24, 2.45) is 0 Å². The van der Waals surface area contributed by atoms with Crippen molar-refractivity contribution in [3.05, 3.63) is 58.7 Å². The molecule has 0 aliphatic rings. The first-order valence-corrected chi connectivity index (χ1v) is 9.84. The third-order valence-electron chi connectivity index (χ3n) is 3.84. The SMILES string of the molecule is Cc1cc([S+](CBr)c2ccccc2)c(C)c(C)c1C.F[B-](F)(F)F. The molecule has 0 bridgehead atoms. The zero-order valence-electron chi connectivity index (χ0n) is 14.0. The minimum atomic E-state index is -6.00. The summed E-state index contributed by atoms with van der Waals surface area (Å²) in [5, 5.41) is 0. The van der Waals surface area contributed by atoms with Crippen molar-refractivity contribution < 1.29 is 17.3 Å². The van der Waals surface area contributed by atoms with E-state index in [1.54, 1.807) is 0 Å². The van der Waals surface area contributed by atoms with Gasteiger partial charge in [-0.3, -0.25) is 0 Å². The van der Waals surface area contributed by atoms with Crippen molar-refractivity contribution in [3.63, 3.8) is 0 Å². The fourth-order valence-electron chi connectivity index (χ4n) is 2.26. The quantitative estimate of drug-likeness (QED) is 0.226. The summed E-state index contributed by atoms with van der Waals surface area (Å²) >= 11 is 3.70. The number of rotatable bonds is 3. The van der Waals surface area contributed by atoms with Crippen molar-refractivity contribution in [2.75, 3.05) is 4.66 Å². The lowest BCUT2D eigenvalue weighted by Gasteiger charge is -2.14. The van der Waals surface area contributed by atoms with Crippen LogP contribution in [-0.2, 0) is 10.9 Å². The summed E-state index contributed by atoms with van der Waals surface area (Å²) in [7, 11) is -5.88. The molecule has 0 nitrogen and oxygen atoms in total. The Balaban J connectivity index is 0.000000505. The molecule has 0 radical (unpaired) electrons. The lowest BCUT2D eigenvalue weighted by Crippen LogP contribution is -2.09. The molecule has 0 saturated carbocycles. The second-order valence-corrected chi connectivity index (χ2v) is 8.66. The van der Waals surface area contributed by atoms with Crippen molar-refractivity contribution in [3.8, 4) is 0 Å². The van der Waals surface area contributed by atoms with Crippen LogP contribution < -0.4 is 0 Å². The Morgan fingerprint density at radius 1 is 0.875 bits per heavy atom. The highest BCUT2D eigenvalue weighted by molar-refractivity contribution is 9.10. The normalized spacial score (nSPS) is 12.4. The van der Waals surface area contributed by atoms with E-state index in [1.807, 2.05) is 0 Å². The third-order valence-corrected chi connectivity index (χ3v) is 7.22. The van der Waals surface area contributed by atoms with Gasteiger partial charge < -0.3 is 17.3 Å². The van der Waals surface area contributed by atoms with Crippen molar-refractivity contribution in [2.45, 2.75) is 37.5 Å². The predicted molar refractivity (Wildman–Crippen MR) is 99.7 cm³/mol. The molecule has 0 N–H and O–H groups in total. The van der Waals surface area contributed by atoms with Gasteiger partial charge in [0.05, 0.1) is 10.9 Å². The molecule has 0 aliphatic carbocycles. The van der Waals surface area contributed by atoms with E-state index in [1.165, 1.54) is 32.0 Å². The summed E-state index contributed by atoms with van der Waals surface area (Å²) in [5.74, 6) is 0. The first-order chi connectivity index (χ1) is 11.1. The maximum Gasteiger partial charge on any atom is 0.673 e. The van der Waals surface area contributed by atoms with E-state index in [0.29, 0.717) is 0 Å². The predicted octanol–water partition coefficient (Wildman–Crippen LogP) is 6.61. The second-order valence-electron chi connectivity index (χ2n) is 5.37. The van der Waals surface area contributed by atoms with Gasteiger partial charge in [-0.25, -0.2) is 0 Å². The van der Waals surface area contributed by atoms with Crippen LogP contribution in [0.1, 0.15) is 22.3 Å². The maximum atomic E-state index is 9.75. The molecule has 7 heteroatoms. The van der Waals surface area contributed by atoms with Crippen LogP contribution >= 0.6 is 15.9 Å². The number of hydrogen-bond acceptors (Lipinski definition) is 0. The van der Waals surface area contributed by atoms with Gasteiger partial charge in [-0.2, -0.15) is 0 Å². The maximum absolute atomic E-state index is 9.75. The standard InChI is InChI=1S/C17H20BrS.BF4/c1-12-10-17(15(4)14(3)13(12)2)19(11-18)16-8-6-5-7-9-16;2-1(3,4)5/h5-10H,11H2,1-4H3;/q+1;-1. The molecule has 1 atom stereocenters. The van der Waals surface area contributed by atoms with Gasteiger partial charge in [0.25, 0.3) is 0 Å². The molecule has 0 heterocycles. The van der Waals surface area contributed by atoms with Gasteiger partial charge in [0.15, 0.2) is 14.5 Å². The van der Waals surface area contributed by atoms with Crippen molar-refractivity contribution in [1.82, 2.24) is 0 Å². The van der Waals surface area contributed by atoms with E-state index >= 15 is 0 Å². The summed E-state index contributed by atoms with van der Waals surface area (Å²) in [6.07, 6.45) is 0. The minimum absolute atomic E-state index is 0.118. The molecule has 0 amide bonds. The Bertz CT molecular complexity index is 669. The molecule has 0 fully saturated rings. The fourth-order valence-corrected chi connectivity index (χ4v) is 5.62. The van der Waals surface area contributed by atoms with Crippen LogP contribution in [0.25, 0.3) is 0 Å². The van der Waals surface area contributed by atoms with Gasteiger partial charge in [-0.15, -0.1) is 0 Å². The second kappa shape index (κ2) is 8.95. The van der Waals surface area contributed by atoms with Crippen LogP contribution in [0.4, 0.5) is 17.3 Å². The summed E-state index contributed by atoms with van der Waals surface area (Å²) in [6.45, 7) is 8.92. The van der Waals surface area contributed by atoms with Crippen LogP contribution in [0.2, 0.25) is 0 Å². The zero-order valence-corrected chi connectivity index (χ0v) is 16.4. The van der Waals surface area contributed by atoms with Gasteiger partial charge in [-0.05, 0) is 78.5 Å². The van der Waals surface area contributed by atoms with Crippen molar-refractivity contribution in [1.29, 1.82) is 0 Å². The van der Waals surface area contributed by atoms with Crippen LogP contribution in [-0.4, -0.2) is 11.9 Å². The highest BCUT2D eigenvalue weighted by atomic mass is 79.9. The van der Waals surface area contributed by atoms with E-state index < -0.39 is 7.25 Å². The average Bonchev–Trinajstić information content (AvgIpc) is 2.50. The Morgan fingerprint density at radius 3 is 1.83 bits per heavy atom. The smallest absolute Gasteiger partial charge is 0.418 e. The van der Waals surface area contributed by atoms with E-state index in [2.05, 4.69) is 80.0 Å². The molecule has 1 unspecified atom stereocenters. The number of alkyl halides is 1. The van der Waals surface area contributed by atoms with E-state index in [0.717, 1.165) is 4.66 Å². The van der Waals surface area contributed by atoms with Crippen LogP contribution in [0.5, 0.6) is 0 Å². The lowest BCUT2D eigenvalue weighted by molar-refractivity contribution is 0.368. The molecular weight excluding hydrogens is 403 g/mol. The molecule has 0 saturated heterocycles. The molecule has 2 rings (SSSR count). The highest BCUT2D eigenvalue weighted by Crippen LogP contribution is 2.31. The highest BCUT2D eigenvalue weighted by Gasteiger charge is 2.27. The van der Waals surface area contributed by atoms with Crippen LogP contribution in [0.15, 0.2) is 46.2 Å². The van der Waals surface area contributed by atoms with Crippen LogP contribution in [0, 0.1) is 27.7 Å². The Labute approximate surface area is 152 Å². The van der Waals surface area contributed by atoms with Gasteiger partial charge in [0.1, 0.15) is 0 Å². The Kier molecular flexibility index (Phi) is 7.87. The molecule has 132 valence electrons. The first kappa shape index (κ1) is 21.1. The fraction of sp³-hybridized carbons (Fsp3) is 0.294. The Morgan fingerprint density at radius 2 is 1.38 bits per heavy atom. The number of benzene rings is 2. The summed E-state index contributed by atoms with van der Waals surface area (Å²) in [4.78, 5) is 2.88. The summed E-state index contributed by atoms with van der Waals surface area (Å²) in [6, 6.07) is 13.2. The summed E-state index contributed by atoms with van der Waals surface area (Å²) < 4.78 is 40.0. The van der Waals surface area contributed by atoms with Crippen LogP contribution in [0.3, 0.4) is 0 Å². The van der Waals surface area contributed by atoms with Gasteiger partial charge in [0, 0.05) is 5.56 Å². The number of hydrogen-bond donors (Lipinski definition) is 0. The zero-order chi connectivity index (χ0) is 18.5.